The summed E-state index contributed by atoms with van der Waals surface area (Å²) >= 11 is 10.8. The molecule has 116 valence electrons. The molecule has 1 aromatic rings. The van der Waals surface area contributed by atoms with Crippen molar-refractivity contribution in [2.75, 3.05) is 6.54 Å². The number of thiocarbonyl (C=S) groups is 1. The van der Waals surface area contributed by atoms with Crippen molar-refractivity contribution in [1.82, 2.24) is 4.31 Å². The zero-order valence-electron chi connectivity index (χ0n) is 11.5. The fraction of sp³-hybridized carbons (Fsp3) is 0.333. The molecule has 9 heteroatoms. The van der Waals surface area contributed by atoms with Gasteiger partial charge in [-0.15, -0.1) is 0 Å². The highest BCUT2D eigenvalue weighted by Crippen LogP contribution is 2.26. The monoisotopic (exact) mass is 349 g/mol. The molecule has 6 nitrogen and oxygen atoms in total. The van der Waals surface area contributed by atoms with Gasteiger partial charge in [0, 0.05) is 11.6 Å². The zero-order chi connectivity index (χ0) is 16.4. The van der Waals surface area contributed by atoms with Crippen LogP contribution in [0.25, 0.3) is 0 Å². The maximum absolute atomic E-state index is 12.6. The first kappa shape index (κ1) is 17.8. The first-order valence-corrected chi connectivity index (χ1v) is 8.19. The van der Waals surface area contributed by atoms with Gasteiger partial charge in [-0.2, -0.15) is 4.31 Å². The SMILES string of the molecule is CC(C)N(CC(N)=O)S(=O)(=O)c1ccc(C(N)=S)cc1Cl. The second-order valence-corrected chi connectivity index (χ2v) is 7.33. The lowest BCUT2D eigenvalue weighted by atomic mass is 10.2. The molecule has 4 N–H and O–H groups in total. The van der Waals surface area contributed by atoms with Crippen molar-refractivity contribution in [3.8, 4) is 0 Å². The van der Waals surface area contributed by atoms with Crippen LogP contribution in [-0.2, 0) is 14.8 Å². The molecular weight excluding hydrogens is 334 g/mol. The number of rotatable bonds is 6. The number of nitrogens with zero attached hydrogens (tertiary/aromatic N) is 1. The predicted molar refractivity (Wildman–Crippen MR) is 85.6 cm³/mol. The Morgan fingerprint density at radius 1 is 1.38 bits per heavy atom. The van der Waals surface area contributed by atoms with Crippen molar-refractivity contribution in [2.24, 2.45) is 11.5 Å². The molecule has 0 aliphatic heterocycles. The number of carbonyl (C=O) groups is 1. The number of sulfonamides is 1. The Balaban J connectivity index is 3.35. The Bertz CT molecular complexity index is 674. The second kappa shape index (κ2) is 6.69. The van der Waals surface area contributed by atoms with Crippen LogP contribution < -0.4 is 11.5 Å². The van der Waals surface area contributed by atoms with E-state index in [9.17, 15) is 13.2 Å². The van der Waals surface area contributed by atoms with E-state index in [0.717, 1.165) is 4.31 Å². The number of amides is 1. The van der Waals surface area contributed by atoms with E-state index in [-0.39, 0.29) is 14.9 Å². The minimum atomic E-state index is -3.95. The maximum atomic E-state index is 12.6. The number of hydrogen-bond donors (Lipinski definition) is 2. The lowest BCUT2D eigenvalue weighted by Crippen LogP contribution is -2.42. The van der Waals surface area contributed by atoms with Crippen LogP contribution in [0.1, 0.15) is 19.4 Å². The number of benzene rings is 1. The molecule has 0 aromatic heterocycles. The fourth-order valence-corrected chi connectivity index (χ4v) is 3.94. The van der Waals surface area contributed by atoms with Crippen molar-refractivity contribution in [3.63, 3.8) is 0 Å². The van der Waals surface area contributed by atoms with Gasteiger partial charge in [0.15, 0.2) is 0 Å². The highest BCUT2D eigenvalue weighted by Gasteiger charge is 2.30. The fourth-order valence-electron chi connectivity index (χ4n) is 1.69. The molecule has 0 radical (unpaired) electrons. The number of carbonyl (C=O) groups excluding carboxylic acids is 1. The van der Waals surface area contributed by atoms with E-state index in [1.165, 1.54) is 18.2 Å². The third-order valence-electron chi connectivity index (χ3n) is 2.69. The number of nitrogens with two attached hydrogens (primary N) is 2. The average molecular weight is 350 g/mol. The third kappa shape index (κ3) is 4.13. The van der Waals surface area contributed by atoms with Gasteiger partial charge in [-0.25, -0.2) is 8.42 Å². The molecule has 0 bridgehead atoms. The summed E-state index contributed by atoms with van der Waals surface area (Å²) in [6.07, 6.45) is 0. The van der Waals surface area contributed by atoms with Gasteiger partial charge < -0.3 is 11.5 Å². The standard InChI is InChI=1S/C12H16ClN3O3S2/c1-7(2)16(6-11(14)17)21(18,19)10-4-3-8(12(15)20)5-9(10)13/h3-5,7H,6H2,1-2H3,(H2,14,17)(H2,15,20). The zero-order valence-corrected chi connectivity index (χ0v) is 13.9. The average Bonchev–Trinajstić information content (AvgIpc) is 2.34. The highest BCUT2D eigenvalue weighted by molar-refractivity contribution is 7.89. The molecular formula is C12H16ClN3O3S2. The molecule has 0 aliphatic rings. The normalized spacial score (nSPS) is 11.9. The summed E-state index contributed by atoms with van der Waals surface area (Å²) in [6.45, 7) is 2.85. The van der Waals surface area contributed by atoms with E-state index >= 15 is 0 Å². The van der Waals surface area contributed by atoms with E-state index in [1.54, 1.807) is 13.8 Å². The lowest BCUT2D eigenvalue weighted by Gasteiger charge is -2.25. The molecule has 21 heavy (non-hydrogen) atoms. The molecule has 1 rings (SSSR count). The van der Waals surface area contributed by atoms with Gasteiger partial charge >= 0.3 is 0 Å². The summed E-state index contributed by atoms with van der Waals surface area (Å²) in [5.41, 5.74) is 11.0. The van der Waals surface area contributed by atoms with Crippen molar-refractivity contribution >= 4 is 44.7 Å². The molecule has 0 spiro atoms. The Labute approximate surface area is 134 Å². The van der Waals surface area contributed by atoms with Crippen molar-refractivity contribution in [3.05, 3.63) is 28.8 Å². The van der Waals surface area contributed by atoms with Gasteiger partial charge in [0.25, 0.3) is 0 Å². The van der Waals surface area contributed by atoms with Crippen LogP contribution in [0.4, 0.5) is 0 Å². The largest absolute Gasteiger partial charge is 0.389 e. The van der Waals surface area contributed by atoms with E-state index < -0.39 is 28.5 Å². The Hall–Kier alpha value is -1.22. The van der Waals surface area contributed by atoms with Crippen LogP contribution in [0.3, 0.4) is 0 Å². The van der Waals surface area contributed by atoms with Crippen LogP contribution in [-0.4, -0.2) is 36.2 Å². The summed E-state index contributed by atoms with van der Waals surface area (Å²) in [4.78, 5) is 11.1. The molecule has 0 saturated carbocycles. The first-order chi connectivity index (χ1) is 9.57. The number of hydrogen-bond acceptors (Lipinski definition) is 4. The number of halogens is 1. The van der Waals surface area contributed by atoms with E-state index in [0.29, 0.717) is 5.56 Å². The van der Waals surface area contributed by atoms with Crippen LogP contribution in [0.5, 0.6) is 0 Å². The van der Waals surface area contributed by atoms with Crippen molar-refractivity contribution in [2.45, 2.75) is 24.8 Å². The quantitative estimate of drug-likeness (QED) is 0.741. The topological polar surface area (TPSA) is 106 Å². The maximum Gasteiger partial charge on any atom is 0.245 e. The van der Waals surface area contributed by atoms with Gasteiger partial charge in [-0.05, 0) is 26.0 Å². The summed E-state index contributed by atoms with van der Waals surface area (Å²) in [5, 5.41) is -0.0181. The summed E-state index contributed by atoms with van der Waals surface area (Å²) in [6, 6.07) is 3.69. The molecule has 0 atom stereocenters. The molecule has 1 aromatic carbocycles. The lowest BCUT2D eigenvalue weighted by molar-refractivity contribution is -0.118. The highest BCUT2D eigenvalue weighted by atomic mass is 35.5. The molecule has 0 aliphatic carbocycles. The minimum absolute atomic E-state index is 0.0181. The third-order valence-corrected chi connectivity index (χ3v) is 5.43. The van der Waals surface area contributed by atoms with E-state index in [1.807, 2.05) is 0 Å². The Morgan fingerprint density at radius 3 is 2.33 bits per heavy atom. The van der Waals surface area contributed by atoms with Gasteiger partial charge in [0.05, 0.1) is 11.6 Å². The summed E-state index contributed by atoms with van der Waals surface area (Å²) in [5.74, 6) is -0.747. The minimum Gasteiger partial charge on any atom is -0.389 e. The van der Waals surface area contributed by atoms with Gasteiger partial charge in [-0.3, -0.25) is 4.79 Å². The number of primary amides is 1. The summed E-state index contributed by atoms with van der Waals surface area (Å²) < 4.78 is 26.1. The molecule has 0 saturated heterocycles. The molecule has 1 amide bonds. The molecule has 0 fully saturated rings. The first-order valence-electron chi connectivity index (χ1n) is 5.97. The van der Waals surface area contributed by atoms with Gasteiger partial charge in [0.2, 0.25) is 15.9 Å². The van der Waals surface area contributed by atoms with Crippen LogP contribution >= 0.6 is 23.8 Å². The molecule has 0 heterocycles. The predicted octanol–water partition coefficient (Wildman–Crippen LogP) is 0.859. The summed E-state index contributed by atoms with van der Waals surface area (Å²) in [7, 11) is -3.95. The smallest absolute Gasteiger partial charge is 0.245 e. The van der Waals surface area contributed by atoms with Gasteiger partial charge in [-0.1, -0.05) is 29.9 Å². The van der Waals surface area contributed by atoms with Crippen LogP contribution in [0, 0.1) is 0 Å². The van der Waals surface area contributed by atoms with Crippen molar-refractivity contribution < 1.29 is 13.2 Å². The molecule has 0 unspecified atom stereocenters. The second-order valence-electron chi connectivity index (χ2n) is 4.62. The van der Waals surface area contributed by atoms with E-state index in [2.05, 4.69) is 0 Å². The van der Waals surface area contributed by atoms with Crippen LogP contribution in [0.15, 0.2) is 23.1 Å². The Kier molecular flexibility index (Phi) is 5.68. The van der Waals surface area contributed by atoms with Gasteiger partial charge in [0.1, 0.15) is 9.88 Å². The Morgan fingerprint density at radius 2 is 1.95 bits per heavy atom. The van der Waals surface area contributed by atoms with Crippen molar-refractivity contribution in [1.29, 1.82) is 0 Å². The van der Waals surface area contributed by atoms with E-state index in [4.69, 9.17) is 35.3 Å². The van der Waals surface area contributed by atoms with Crippen LogP contribution in [0.2, 0.25) is 5.02 Å².